The van der Waals surface area contributed by atoms with E-state index in [0.29, 0.717) is 41.6 Å². The average molecular weight is 495 g/mol. The number of esters is 1. The number of carbonyl (C=O) groups is 2. The van der Waals surface area contributed by atoms with Crippen LogP contribution in [0.4, 0.5) is 4.39 Å². The lowest BCUT2D eigenvalue weighted by Gasteiger charge is -2.12. The molecule has 0 aliphatic heterocycles. The van der Waals surface area contributed by atoms with Gasteiger partial charge in [0.05, 0.1) is 25.0 Å². The molecule has 0 saturated heterocycles. The summed E-state index contributed by atoms with van der Waals surface area (Å²) in [6, 6.07) is 16.9. The first-order valence-electron chi connectivity index (χ1n) is 11.4. The van der Waals surface area contributed by atoms with E-state index in [9.17, 15) is 14.0 Å². The molecule has 36 heavy (non-hydrogen) atoms. The van der Waals surface area contributed by atoms with Crippen molar-refractivity contribution in [2.45, 2.75) is 20.3 Å². The molecule has 9 heteroatoms. The highest BCUT2D eigenvalue weighted by Crippen LogP contribution is 2.29. The monoisotopic (exact) mass is 494 g/mol. The minimum Gasteiger partial charge on any atom is -0.494 e. The van der Waals surface area contributed by atoms with Crippen LogP contribution in [-0.2, 0) is 4.79 Å². The van der Waals surface area contributed by atoms with Gasteiger partial charge in [-0.1, -0.05) is 6.92 Å². The Bertz CT molecular complexity index is 1180. The third-order valence-corrected chi connectivity index (χ3v) is 4.62. The number of hydrogen-bond donors (Lipinski definition) is 1. The fourth-order valence-electron chi connectivity index (χ4n) is 2.91. The van der Waals surface area contributed by atoms with Crippen molar-refractivity contribution in [3.05, 3.63) is 83.7 Å². The van der Waals surface area contributed by atoms with Gasteiger partial charge in [0.15, 0.2) is 18.1 Å². The molecule has 3 rings (SSSR count). The predicted octanol–water partition coefficient (Wildman–Crippen LogP) is 4.76. The van der Waals surface area contributed by atoms with E-state index in [1.54, 1.807) is 42.5 Å². The summed E-state index contributed by atoms with van der Waals surface area (Å²) in [5.74, 6) is 0.231. The van der Waals surface area contributed by atoms with Gasteiger partial charge in [0.1, 0.15) is 17.3 Å². The van der Waals surface area contributed by atoms with Gasteiger partial charge in [-0.2, -0.15) is 5.10 Å². The van der Waals surface area contributed by atoms with Gasteiger partial charge < -0.3 is 18.9 Å². The predicted molar refractivity (Wildman–Crippen MR) is 132 cm³/mol. The smallest absolute Gasteiger partial charge is 0.343 e. The van der Waals surface area contributed by atoms with Crippen LogP contribution in [0.3, 0.4) is 0 Å². The molecule has 1 N–H and O–H groups in total. The zero-order valence-electron chi connectivity index (χ0n) is 20.0. The summed E-state index contributed by atoms with van der Waals surface area (Å²) in [7, 11) is 0. The Balaban J connectivity index is 1.57. The van der Waals surface area contributed by atoms with Crippen molar-refractivity contribution < 1.29 is 32.9 Å². The number of amides is 1. The second kappa shape index (κ2) is 13.5. The van der Waals surface area contributed by atoms with E-state index >= 15 is 0 Å². The molecular weight excluding hydrogens is 467 g/mol. The minimum atomic E-state index is -0.534. The normalized spacial score (nSPS) is 10.6. The molecule has 0 atom stereocenters. The second-order valence-corrected chi connectivity index (χ2v) is 7.44. The van der Waals surface area contributed by atoms with Crippen molar-refractivity contribution in [3.63, 3.8) is 0 Å². The number of carbonyl (C=O) groups excluding carboxylic acids is 2. The van der Waals surface area contributed by atoms with Crippen molar-refractivity contribution in [1.29, 1.82) is 0 Å². The molecule has 8 nitrogen and oxygen atoms in total. The molecule has 0 saturated carbocycles. The summed E-state index contributed by atoms with van der Waals surface area (Å²) in [5, 5.41) is 3.90. The molecule has 0 fully saturated rings. The number of hydrogen-bond acceptors (Lipinski definition) is 7. The van der Waals surface area contributed by atoms with Crippen LogP contribution in [0.2, 0.25) is 0 Å². The lowest BCUT2D eigenvalue weighted by atomic mass is 10.2. The average Bonchev–Trinajstić information content (AvgIpc) is 2.89. The van der Waals surface area contributed by atoms with Gasteiger partial charge in [0.25, 0.3) is 5.91 Å². The van der Waals surface area contributed by atoms with E-state index in [0.717, 1.165) is 6.42 Å². The molecule has 0 aromatic heterocycles. The van der Waals surface area contributed by atoms with Crippen LogP contribution >= 0.6 is 0 Å². The van der Waals surface area contributed by atoms with Gasteiger partial charge in [0.2, 0.25) is 0 Å². The van der Waals surface area contributed by atoms with Crippen molar-refractivity contribution in [2.24, 2.45) is 5.10 Å². The molecule has 3 aromatic rings. The summed E-state index contributed by atoms with van der Waals surface area (Å²) in [6.45, 7) is 4.50. The minimum absolute atomic E-state index is 0.252. The Hall–Kier alpha value is -4.40. The molecule has 1 amide bonds. The van der Waals surface area contributed by atoms with Crippen LogP contribution in [0.15, 0.2) is 71.8 Å². The van der Waals surface area contributed by atoms with Gasteiger partial charge in [-0.05, 0) is 85.6 Å². The van der Waals surface area contributed by atoms with E-state index in [2.05, 4.69) is 10.5 Å². The third kappa shape index (κ3) is 8.12. The molecule has 0 heterocycles. The lowest BCUT2D eigenvalue weighted by molar-refractivity contribution is -0.123. The molecule has 0 unspecified atom stereocenters. The second-order valence-electron chi connectivity index (χ2n) is 7.44. The number of rotatable bonds is 12. The Labute approximate surface area is 208 Å². The standard InChI is InChI=1S/C27H27FN2O6/c1-3-15-34-22-10-6-20(7-11-22)27(32)36-24-14-5-19(16-25(24)33-4-2)17-29-30-26(31)18-35-23-12-8-21(28)9-13-23/h5-14,16-17H,3-4,15,18H2,1-2H3,(H,30,31)/b29-17-. The topological polar surface area (TPSA) is 95.5 Å². The van der Waals surface area contributed by atoms with Crippen LogP contribution < -0.4 is 24.4 Å². The van der Waals surface area contributed by atoms with E-state index in [1.807, 2.05) is 13.8 Å². The van der Waals surface area contributed by atoms with Gasteiger partial charge in [-0.15, -0.1) is 0 Å². The van der Waals surface area contributed by atoms with Gasteiger partial charge >= 0.3 is 5.97 Å². The Kier molecular flexibility index (Phi) is 9.81. The number of nitrogens with one attached hydrogen (secondary N) is 1. The van der Waals surface area contributed by atoms with Crippen LogP contribution in [0.25, 0.3) is 0 Å². The van der Waals surface area contributed by atoms with Crippen LogP contribution in [0.5, 0.6) is 23.0 Å². The highest BCUT2D eigenvalue weighted by Gasteiger charge is 2.13. The fraction of sp³-hybridized carbons (Fsp3) is 0.222. The first-order valence-corrected chi connectivity index (χ1v) is 11.4. The van der Waals surface area contributed by atoms with Crippen molar-refractivity contribution in [3.8, 4) is 23.0 Å². The highest BCUT2D eigenvalue weighted by molar-refractivity contribution is 5.92. The maximum Gasteiger partial charge on any atom is 0.343 e. The lowest BCUT2D eigenvalue weighted by Crippen LogP contribution is -2.24. The van der Waals surface area contributed by atoms with Crippen LogP contribution in [-0.4, -0.2) is 37.9 Å². The summed E-state index contributed by atoms with van der Waals surface area (Å²) >= 11 is 0. The van der Waals surface area contributed by atoms with Crippen LogP contribution in [0.1, 0.15) is 36.2 Å². The van der Waals surface area contributed by atoms with Crippen LogP contribution in [0, 0.1) is 5.82 Å². The molecule has 0 spiro atoms. The summed E-state index contributed by atoms with van der Waals surface area (Å²) in [5.41, 5.74) is 3.32. The first kappa shape index (κ1) is 26.2. The Morgan fingerprint density at radius 2 is 1.58 bits per heavy atom. The van der Waals surface area contributed by atoms with E-state index in [-0.39, 0.29) is 12.4 Å². The van der Waals surface area contributed by atoms with Crippen molar-refractivity contribution >= 4 is 18.1 Å². The van der Waals surface area contributed by atoms with Gasteiger partial charge in [0, 0.05) is 0 Å². The molecular formula is C27H27FN2O6. The molecule has 0 aliphatic carbocycles. The van der Waals surface area contributed by atoms with Crippen molar-refractivity contribution in [2.75, 3.05) is 19.8 Å². The number of ether oxygens (including phenoxy) is 4. The fourth-order valence-corrected chi connectivity index (χ4v) is 2.91. The number of halogens is 1. The largest absolute Gasteiger partial charge is 0.494 e. The third-order valence-electron chi connectivity index (χ3n) is 4.62. The summed E-state index contributed by atoms with van der Waals surface area (Å²) in [4.78, 5) is 24.5. The van der Waals surface area contributed by atoms with E-state index in [1.165, 1.54) is 30.5 Å². The van der Waals surface area contributed by atoms with Gasteiger partial charge in [-0.25, -0.2) is 14.6 Å². The maximum absolute atomic E-state index is 12.9. The molecule has 0 radical (unpaired) electrons. The van der Waals surface area contributed by atoms with Crippen molar-refractivity contribution in [1.82, 2.24) is 5.43 Å². The zero-order valence-corrected chi connectivity index (χ0v) is 20.0. The van der Waals surface area contributed by atoms with E-state index in [4.69, 9.17) is 18.9 Å². The summed E-state index contributed by atoms with van der Waals surface area (Å²) < 4.78 is 34.8. The molecule has 188 valence electrons. The highest BCUT2D eigenvalue weighted by atomic mass is 19.1. The molecule has 3 aromatic carbocycles. The van der Waals surface area contributed by atoms with E-state index < -0.39 is 17.7 Å². The Morgan fingerprint density at radius 1 is 0.889 bits per heavy atom. The zero-order chi connectivity index (χ0) is 25.8. The maximum atomic E-state index is 12.9. The number of benzene rings is 3. The number of hydrazone groups is 1. The Morgan fingerprint density at radius 3 is 2.28 bits per heavy atom. The SMILES string of the molecule is CCCOc1ccc(C(=O)Oc2ccc(/C=N\NC(=O)COc3ccc(F)cc3)cc2OCC)cc1. The van der Waals surface area contributed by atoms with Gasteiger partial charge in [-0.3, -0.25) is 4.79 Å². The quantitative estimate of drug-likeness (QED) is 0.169. The molecule has 0 bridgehead atoms. The number of nitrogens with zero attached hydrogens (tertiary/aromatic N) is 1. The molecule has 0 aliphatic rings. The summed E-state index contributed by atoms with van der Waals surface area (Å²) in [6.07, 6.45) is 2.31. The first-order chi connectivity index (χ1) is 17.5.